The summed E-state index contributed by atoms with van der Waals surface area (Å²) in [6.45, 7) is 0. The van der Waals surface area contributed by atoms with Crippen molar-refractivity contribution in [3.05, 3.63) is 175 Å². The Bertz CT molecular complexity index is 2080. The Morgan fingerprint density at radius 3 is 0.980 bits per heavy atom. The molecule has 0 bridgehead atoms. The first-order chi connectivity index (χ1) is 24.1. The van der Waals surface area contributed by atoms with Gasteiger partial charge < -0.3 is 11.5 Å². The third kappa shape index (κ3) is 9.82. The summed E-state index contributed by atoms with van der Waals surface area (Å²) in [6, 6.07) is 45.0. The Labute approximate surface area is 323 Å². The van der Waals surface area contributed by atoms with Crippen molar-refractivity contribution >= 4 is 97.7 Å². The van der Waals surface area contributed by atoms with E-state index in [9.17, 15) is 9.59 Å². The monoisotopic (exact) mass is 912 g/mol. The van der Waals surface area contributed by atoms with Gasteiger partial charge in [-0.15, -0.1) is 0 Å². The summed E-state index contributed by atoms with van der Waals surface area (Å²) in [7, 11) is 0. The summed E-state index contributed by atoms with van der Waals surface area (Å²) in [4.78, 5) is 33.7. The number of fused-ring (bicyclic) bond motifs is 1. The van der Waals surface area contributed by atoms with Crippen LogP contribution in [0.4, 0.5) is 11.4 Å². The second kappa shape index (κ2) is 17.4. The second-order valence-electron chi connectivity index (χ2n) is 10.7. The summed E-state index contributed by atoms with van der Waals surface area (Å²) in [5.74, 6) is -0.991. The lowest BCUT2D eigenvalue weighted by Gasteiger charge is -2.11. The number of Topliss-reactive ketones (excluding diaryl/α,β-unsaturated/α-hetero) is 2. The predicted molar refractivity (Wildman–Crippen MR) is 218 cm³/mol. The zero-order valence-electron chi connectivity index (χ0n) is 26.2. The predicted octanol–water partition coefficient (Wildman–Crippen LogP) is 11.6. The van der Waals surface area contributed by atoms with Crippen molar-refractivity contribution in [3.8, 4) is 22.5 Å². The van der Waals surface area contributed by atoms with Gasteiger partial charge >= 0.3 is 0 Å². The number of carbonyl (C=O) groups excluding carboxylic acids is 2. The first-order valence-corrected chi connectivity index (χ1v) is 18.2. The molecule has 0 saturated carbocycles. The molecule has 1 aromatic heterocycles. The Kier molecular flexibility index (Phi) is 12.8. The molecule has 6 aromatic carbocycles. The van der Waals surface area contributed by atoms with Crippen molar-refractivity contribution in [2.24, 2.45) is 0 Å². The third-order valence-corrected chi connectivity index (χ3v) is 9.34. The van der Waals surface area contributed by atoms with E-state index in [1.807, 2.05) is 60.7 Å². The van der Waals surface area contributed by atoms with Crippen molar-refractivity contribution in [1.82, 2.24) is 9.97 Å². The number of aromatic nitrogens is 2. The first-order valence-electron chi connectivity index (χ1n) is 15.1. The van der Waals surface area contributed by atoms with Crippen LogP contribution in [-0.2, 0) is 0 Å². The Morgan fingerprint density at radius 2 is 0.680 bits per heavy atom. The summed E-state index contributed by atoms with van der Waals surface area (Å²) >= 11 is 13.5. The van der Waals surface area contributed by atoms with E-state index >= 15 is 0 Å². The molecule has 4 N–H and O–H groups in total. The number of anilines is 2. The van der Waals surface area contributed by atoms with Crippen LogP contribution < -0.4 is 11.5 Å². The van der Waals surface area contributed by atoms with E-state index in [0.29, 0.717) is 22.5 Å². The zero-order chi connectivity index (χ0) is 35.6. The highest BCUT2D eigenvalue weighted by atomic mass is 79.9. The molecule has 0 radical (unpaired) electrons. The van der Waals surface area contributed by atoms with Gasteiger partial charge in [-0.05, 0) is 97.1 Å². The van der Waals surface area contributed by atoms with Crippen molar-refractivity contribution in [2.45, 2.75) is 0 Å². The molecule has 0 aliphatic carbocycles. The number of hydrogen-bond acceptors (Lipinski definition) is 6. The van der Waals surface area contributed by atoms with Crippen molar-refractivity contribution in [1.29, 1.82) is 0 Å². The molecule has 7 rings (SSSR count). The molecule has 50 heavy (non-hydrogen) atoms. The Balaban J connectivity index is 0.000000164. The van der Waals surface area contributed by atoms with Crippen LogP contribution in [0.5, 0.6) is 0 Å². The van der Waals surface area contributed by atoms with Crippen LogP contribution in [-0.4, -0.2) is 21.5 Å². The third-order valence-electron chi connectivity index (χ3n) is 7.22. The van der Waals surface area contributed by atoms with Crippen LogP contribution in [0.2, 0.25) is 0 Å². The lowest BCUT2D eigenvalue weighted by atomic mass is 10.0. The fraction of sp³-hybridized carbons (Fsp3) is 0. The first kappa shape index (κ1) is 36.8. The average molecular weight is 916 g/mol. The van der Waals surface area contributed by atoms with Gasteiger partial charge in [0.15, 0.2) is 0 Å². The molecule has 0 unspecified atom stereocenters. The maximum Gasteiger partial charge on any atom is 0.233 e. The van der Waals surface area contributed by atoms with Gasteiger partial charge in [-0.3, -0.25) is 9.59 Å². The van der Waals surface area contributed by atoms with Gasteiger partial charge in [-0.1, -0.05) is 112 Å². The molecule has 10 heteroatoms. The van der Waals surface area contributed by atoms with E-state index in [2.05, 4.69) is 88.0 Å². The fourth-order valence-electron chi connectivity index (χ4n) is 4.59. The molecular weight excluding hydrogens is 888 g/mol. The molecule has 0 spiro atoms. The number of nitrogen functional groups attached to an aromatic ring is 2. The van der Waals surface area contributed by atoms with Gasteiger partial charge in [-0.2, -0.15) is 0 Å². The van der Waals surface area contributed by atoms with E-state index in [1.165, 1.54) is 0 Å². The Hall–Kier alpha value is -4.48. The van der Waals surface area contributed by atoms with E-state index in [-0.39, 0.29) is 0 Å². The van der Waals surface area contributed by atoms with Gasteiger partial charge in [0.2, 0.25) is 11.6 Å². The Morgan fingerprint density at radius 1 is 0.400 bits per heavy atom. The van der Waals surface area contributed by atoms with Gasteiger partial charge in [0.1, 0.15) is 0 Å². The van der Waals surface area contributed by atoms with Gasteiger partial charge in [0, 0.05) is 40.1 Å². The molecule has 0 aliphatic rings. The van der Waals surface area contributed by atoms with E-state index in [1.54, 1.807) is 60.7 Å². The minimum absolute atomic E-state index is 0.395. The molecule has 7 aromatic rings. The number of halogens is 4. The van der Waals surface area contributed by atoms with Crippen LogP contribution in [0.25, 0.3) is 33.5 Å². The average Bonchev–Trinajstić information content (AvgIpc) is 3.14. The summed E-state index contributed by atoms with van der Waals surface area (Å²) in [6.07, 6.45) is 0. The number of ketones is 2. The second-order valence-corrected chi connectivity index (χ2v) is 14.4. The van der Waals surface area contributed by atoms with Crippen molar-refractivity contribution < 1.29 is 9.59 Å². The number of hydrogen-bond donors (Lipinski definition) is 2. The minimum atomic E-state index is -0.496. The molecule has 0 fully saturated rings. The number of benzene rings is 6. The molecule has 0 saturated heterocycles. The van der Waals surface area contributed by atoms with Crippen LogP contribution in [0.3, 0.4) is 0 Å². The summed E-state index contributed by atoms with van der Waals surface area (Å²) < 4.78 is 3.83. The highest BCUT2D eigenvalue weighted by Gasteiger charge is 2.18. The molecule has 0 aliphatic heterocycles. The van der Waals surface area contributed by atoms with Crippen LogP contribution in [0.15, 0.2) is 163 Å². The van der Waals surface area contributed by atoms with Crippen molar-refractivity contribution in [2.75, 3.05) is 11.5 Å². The van der Waals surface area contributed by atoms with E-state index in [0.717, 1.165) is 51.4 Å². The van der Waals surface area contributed by atoms with Crippen LogP contribution in [0.1, 0.15) is 20.7 Å². The maximum atomic E-state index is 12.0. The molecule has 1 heterocycles. The SMILES string of the molecule is Brc1ccc(-c2nc3ccccc3nc2-c2ccc(Br)cc2)cc1.Nc1ccccc1N.O=C(C(=O)c1ccc(Br)cc1)c1ccc(Br)cc1. The number of nitrogens with two attached hydrogens (primary N) is 2. The van der Waals surface area contributed by atoms with Crippen molar-refractivity contribution in [3.63, 3.8) is 0 Å². The standard InChI is InChI=1S/C20H12Br2N2.C14H8Br2O2.C6H8N2/c21-15-9-5-13(6-10-15)19-20(14-7-11-16(22)12-8-14)24-18-4-2-1-3-17(18)23-19;15-11-5-1-9(2-6-11)13(17)14(18)10-3-7-12(16)8-4-10;7-5-3-1-2-4-6(5)8/h1-12H;1-8H;1-4H,7-8H2. The van der Waals surface area contributed by atoms with Gasteiger partial charge in [0.05, 0.1) is 33.8 Å². The largest absolute Gasteiger partial charge is 0.397 e. The number of rotatable bonds is 5. The summed E-state index contributed by atoms with van der Waals surface area (Å²) in [5, 5.41) is 0. The molecule has 0 amide bonds. The summed E-state index contributed by atoms with van der Waals surface area (Å²) in [5.41, 5.74) is 18.6. The minimum Gasteiger partial charge on any atom is -0.397 e. The van der Waals surface area contributed by atoms with Gasteiger partial charge in [0.25, 0.3) is 0 Å². The normalized spacial score (nSPS) is 10.3. The fourth-order valence-corrected chi connectivity index (χ4v) is 5.65. The molecular formula is C40H28Br4N4O2. The highest BCUT2D eigenvalue weighted by Crippen LogP contribution is 2.32. The smallest absolute Gasteiger partial charge is 0.233 e. The van der Waals surface area contributed by atoms with E-state index < -0.39 is 11.6 Å². The molecule has 6 nitrogen and oxygen atoms in total. The molecule has 248 valence electrons. The van der Waals surface area contributed by atoms with Gasteiger partial charge in [-0.25, -0.2) is 9.97 Å². The molecule has 0 atom stereocenters. The number of nitrogens with zero attached hydrogens (tertiary/aromatic N) is 2. The highest BCUT2D eigenvalue weighted by molar-refractivity contribution is 9.11. The maximum absolute atomic E-state index is 12.0. The lowest BCUT2D eigenvalue weighted by molar-refractivity contribution is 0.0817. The topological polar surface area (TPSA) is 112 Å². The van der Waals surface area contributed by atoms with Crippen LogP contribution >= 0.6 is 63.7 Å². The van der Waals surface area contributed by atoms with Crippen LogP contribution in [0, 0.1) is 0 Å². The lowest BCUT2D eigenvalue weighted by Crippen LogP contribution is -2.14. The quantitative estimate of drug-likeness (QED) is 0.101. The zero-order valence-corrected chi connectivity index (χ0v) is 32.6. The number of carbonyl (C=O) groups is 2. The number of para-hydroxylation sites is 4. The van der Waals surface area contributed by atoms with E-state index in [4.69, 9.17) is 21.4 Å².